The highest BCUT2D eigenvalue weighted by Crippen LogP contribution is 2.38. The molecule has 0 unspecified atom stereocenters. The lowest BCUT2D eigenvalue weighted by atomic mass is 9.98. The normalized spacial score (nSPS) is 15.2. The summed E-state index contributed by atoms with van der Waals surface area (Å²) in [6, 6.07) is 10.00. The van der Waals surface area contributed by atoms with Crippen LogP contribution in [0.5, 0.6) is 0 Å². The summed E-state index contributed by atoms with van der Waals surface area (Å²) in [6.45, 7) is 10.8. The summed E-state index contributed by atoms with van der Waals surface area (Å²) in [7, 11) is 0. The number of aromatic nitrogens is 5. The van der Waals surface area contributed by atoms with Gasteiger partial charge in [0.1, 0.15) is 23.6 Å². The van der Waals surface area contributed by atoms with E-state index in [2.05, 4.69) is 62.7 Å². The first kappa shape index (κ1) is 31.2. The van der Waals surface area contributed by atoms with E-state index in [-0.39, 0.29) is 16.6 Å². The fourth-order valence-corrected chi connectivity index (χ4v) is 6.79. The topological polar surface area (TPSA) is 108 Å². The molecule has 9 nitrogen and oxygen atoms in total. The zero-order chi connectivity index (χ0) is 31.9. The van der Waals surface area contributed by atoms with Crippen molar-refractivity contribution < 1.29 is 4.39 Å². The Balaban J connectivity index is 1.35. The van der Waals surface area contributed by atoms with Crippen LogP contribution in [0.3, 0.4) is 0 Å². The highest BCUT2D eigenvalue weighted by atomic mass is 35.5. The smallest absolute Gasteiger partial charge is 0.141 e. The van der Waals surface area contributed by atoms with Gasteiger partial charge in [0.2, 0.25) is 0 Å². The van der Waals surface area contributed by atoms with Crippen LogP contribution in [0, 0.1) is 24.1 Å². The maximum absolute atomic E-state index is 13.8. The van der Waals surface area contributed by atoms with Crippen LogP contribution in [-0.4, -0.2) is 48.5 Å². The molecule has 232 valence electrons. The van der Waals surface area contributed by atoms with Crippen LogP contribution in [0.4, 0.5) is 21.5 Å². The van der Waals surface area contributed by atoms with E-state index in [1.54, 1.807) is 23.5 Å². The molecule has 4 heterocycles. The Kier molecular flexibility index (Phi) is 8.68. The molecule has 5 aromatic rings. The number of nitrogens with one attached hydrogen (secondary N) is 2. The van der Waals surface area contributed by atoms with Gasteiger partial charge in [-0.05, 0) is 70.9 Å². The monoisotopic (exact) mass is 663 g/mol. The number of piperidine rings is 1. The van der Waals surface area contributed by atoms with Gasteiger partial charge in [-0.15, -0.1) is 16.4 Å². The van der Waals surface area contributed by atoms with Crippen molar-refractivity contribution in [3.05, 3.63) is 85.9 Å². The van der Waals surface area contributed by atoms with E-state index in [9.17, 15) is 9.65 Å². The van der Waals surface area contributed by atoms with Gasteiger partial charge in [-0.3, -0.25) is 9.88 Å². The Morgan fingerprint density at radius 1 is 1.09 bits per heavy atom. The maximum atomic E-state index is 13.8. The molecule has 0 spiro atoms. The first-order valence-electron chi connectivity index (χ1n) is 14.6. The second-order valence-electron chi connectivity index (χ2n) is 12.2. The molecule has 1 aliphatic rings. The van der Waals surface area contributed by atoms with Crippen molar-refractivity contribution in [2.45, 2.75) is 58.2 Å². The molecular formula is C32H32Cl2FN9S. The summed E-state index contributed by atoms with van der Waals surface area (Å²) >= 11 is 14.4. The number of thiazole rings is 1. The number of benzene rings is 2. The summed E-state index contributed by atoms with van der Waals surface area (Å²) in [5, 5.41) is 26.9. The van der Waals surface area contributed by atoms with Crippen LogP contribution >= 0.6 is 34.5 Å². The fourth-order valence-electron chi connectivity index (χ4n) is 5.72. The fraction of sp³-hybridized carbons (Fsp3) is 0.344. The van der Waals surface area contributed by atoms with Gasteiger partial charge in [0.25, 0.3) is 0 Å². The van der Waals surface area contributed by atoms with Gasteiger partial charge < -0.3 is 10.6 Å². The van der Waals surface area contributed by atoms with Crippen LogP contribution in [-0.2, 0) is 0 Å². The molecule has 2 N–H and O–H groups in total. The lowest BCUT2D eigenvalue weighted by molar-refractivity contribution is 0.0866. The van der Waals surface area contributed by atoms with E-state index < -0.39 is 11.9 Å². The summed E-state index contributed by atoms with van der Waals surface area (Å²) < 4.78 is 15.8. The molecule has 0 saturated carbocycles. The van der Waals surface area contributed by atoms with Crippen molar-refractivity contribution in [3.63, 3.8) is 0 Å². The highest BCUT2D eigenvalue weighted by molar-refractivity contribution is 7.09. The number of halogens is 3. The van der Waals surface area contributed by atoms with E-state index in [1.165, 1.54) is 18.3 Å². The van der Waals surface area contributed by atoms with Gasteiger partial charge in [-0.1, -0.05) is 28.4 Å². The van der Waals surface area contributed by atoms with Crippen molar-refractivity contribution in [1.29, 1.82) is 5.26 Å². The molecule has 0 amide bonds. The minimum absolute atomic E-state index is 0.0356. The molecule has 1 fully saturated rings. The highest BCUT2D eigenvalue weighted by Gasteiger charge is 2.30. The maximum Gasteiger partial charge on any atom is 0.141 e. The van der Waals surface area contributed by atoms with E-state index in [1.807, 2.05) is 29.4 Å². The molecule has 1 aliphatic heterocycles. The molecule has 0 aliphatic carbocycles. The third-order valence-corrected chi connectivity index (χ3v) is 9.56. The third-order valence-electron chi connectivity index (χ3n) is 8.21. The molecule has 1 saturated heterocycles. The molecule has 2 aromatic carbocycles. The van der Waals surface area contributed by atoms with Crippen molar-refractivity contribution >= 4 is 62.5 Å². The number of hydrogen-bond acceptors (Lipinski definition) is 9. The third kappa shape index (κ3) is 6.47. The van der Waals surface area contributed by atoms with Gasteiger partial charge in [0, 0.05) is 46.5 Å². The number of likely N-dealkylation sites (tertiary alicyclic amines) is 1. The average molecular weight is 665 g/mol. The number of anilines is 3. The minimum Gasteiger partial charge on any atom is -0.371 e. The summed E-state index contributed by atoms with van der Waals surface area (Å²) in [6.07, 6.45) is 5.46. The quantitative estimate of drug-likeness (QED) is 0.179. The van der Waals surface area contributed by atoms with Crippen LogP contribution in [0.1, 0.15) is 67.5 Å². The second kappa shape index (κ2) is 12.5. The van der Waals surface area contributed by atoms with E-state index in [0.29, 0.717) is 38.6 Å². The Morgan fingerprint density at radius 3 is 2.51 bits per heavy atom. The lowest BCUT2D eigenvalue weighted by Gasteiger charge is -2.40. The number of nitriles is 1. The number of rotatable bonds is 7. The molecule has 0 bridgehead atoms. The molecule has 13 heteroatoms. The molecule has 3 aromatic heterocycles. The van der Waals surface area contributed by atoms with Crippen molar-refractivity contribution in [2.75, 3.05) is 23.7 Å². The van der Waals surface area contributed by atoms with Gasteiger partial charge >= 0.3 is 0 Å². The van der Waals surface area contributed by atoms with Crippen LogP contribution in [0.2, 0.25) is 10.0 Å². The molecular weight excluding hydrogens is 632 g/mol. The lowest BCUT2D eigenvalue weighted by Crippen LogP contribution is -2.46. The Morgan fingerprint density at radius 2 is 1.84 bits per heavy atom. The SMILES string of the molecule is Cc1scnc1[C@H](Nc1cc(Cl)c2ncc(C#N)c(Nc3ccc(F)c(Cl)c3)c2c1)c1cn(C2CCN(C(C)(C)C)CC2)nn1. The largest absolute Gasteiger partial charge is 0.371 e. The van der Waals surface area contributed by atoms with Gasteiger partial charge in [-0.2, -0.15) is 5.26 Å². The summed E-state index contributed by atoms with van der Waals surface area (Å²) in [5.41, 5.74) is 6.01. The van der Waals surface area contributed by atoms with E-state index >= 15 is 0 Å². The number of hydrogen-bond donors (Lipinski definition) is 2. The van der Waals surface area contributed by atoms with Gasteiger partial charge in [0.05, 0.1) is 50.3 Å². The zero-order valence-electron chi connectivity index (χ0n) is 25.3. The van der Waals surface area contributed by atoms with Gasteiger partial charge in [-0.25, -0.2) is 14.1 Å². The number of fused-ring (bicyclic) bond motifs is 1. The molecule has 6 rings (SSSR count). The van der Waals surface area contributed by atoms with Crippen molar-refractivity contribution in [2.24, 2.45) is 0 Å². The standard InChI is InChI=1S/C32H32Cl2FN9S/c1-18-28(38-17-45-18)31(27-16-44(42-41-27)22-7-9-43(10-8-22)32(2,3)4)40-21-11-23-29(39-20-5-6-26(35)24(33)12-20)19(14-36)15-37-30(23)25(34)13-21/h5-6,11-13,15-17,22,31,40H,7-10H2,1-4H3,(H,37,39)/t31-/m1/s1. The summed E-state index contributed by atoms with van der Waals surface area (Å²) in [5.74, 6) is -0.535. The zero-order valence-corrected chi connectivity index (χ0v) is 27.6. The molecule has 0 radical (unpaired) electrons. The van der Waals surface area contributed by atoms with Gasteiger partial charge in [0.15, 0.2) is 0 Å². The number of pyridine rings is 1. The Labute approximate surface area is 275 Å². The number of nitrogens with zero attached hydrogens (tertiary/aromatic N) is 7. The predicted octanol–water partition coefficient (Wildman–Crippen LogP) is 8.29. The number of aryl methyl sites for hydroxylation is 1. The van der Waals surface area contributed by atoms with Crippen LogP contribution < -0.4 is 10.6 Å². The van der Waals surface area contributed by atoms with Crippen LogP contribution in [0.15, 0.2) is 48.2 Å². The van der Waals surface area contributed by atoms with Crippen LogP contribution in [0.25, 0.3) is 10.9 Å². The minimum atomic E-state index is -0.535. The predicted molar refractivity (Wildman–Crippen MR) is 178 cm³/mol. The first-order chi connectivity index (χ1) is 21.5. The Bertz CT molecular complexity index is 1900. The first-order valence-corrected chi connectivity index (χ1v) is 16.2. The van der Waals surface area contributed by atoms with Crippen molar-refractivity contribution in [3.8, 4) is 6.07 Å². The van der Waals surface area contributed by atoms with E-state index in [0.717, 1.165) is 42.2 Å². The second-order valence-corrected chi connectivity index (χ2v) is 14.0. The molecule has 45 heavy (non-hydrogen) atoms. The Hall–Kier alpha value is -3.82. The summed E-state index contributed by atoms with van der Waals surface area (Å²) in [4.78, 5) is 12.7. The van der Waals surface area contributed by atoms with E-state index in [4.69, 9.17) is 23.2 Å². The average Bonchev–Trinajstić information content (AvgIpc) is 3.67. The van der Waals surface area contributed by atoms with Crippen molar-refractivity contribution in [1.82, 2.24) is 29.9 Å². The molecule has 1 atom stereocenters.